The van der Waals surface area contributed by atoms with Crippen LogP contribution in [0.4, 0.5) is 0 Å². The Balaban J connectivity index is 2.34. The minimum atomic E-state index is -0.980. The molecule has 0 radical (unpaired) electrons. The molecule has 2 rings (SSSR count). The summed E-state index contributed by atoms with van der Waals surface area (Å²) in [4.78, 5) is 15.3. The zero-order valence-electron chi connectivity index (χ0n) is 10.9. The molecule has 0 bridgehead atoms. The number of rotatable bonds is 4. The van der Waals surface area contributed by atoms with E-state index < -0.39 is 5.97 Å². The van der Waals surface area contributed by atoms with Gasteiger partial charge >= 0.3 is 5.97 Å². The lowest BCUT2D eigenvalue weighted by Gasteiger charge is -2.08. The minimum Gasteiger partial charge on any atom is -0.478 e. The highest BCUT2D eigenvalue weighted by atomic mass is 16.5. The summed E-state index contributed by atoms with van der Waals surface area (Å²) in [5.74, 6) is -0.0226. The number of pyridine rings is 1. The van der Waals surface area contributed by atoms with Crippen LogP contribution in [-0.4, -0.2) is 16.1 Å². The summed E-state index contributed by atoms with van der Waals surface area (Å²) in [5.41, 5.74) is 1.96. The Morgan fingerprint density at radius 1 is 1.32 bits per heavy atom. The summed E-state index contributed by atoms with van der Waals surface area (Å²) in [6.45, 7) is 3.88. The molecule has 4 heteroatoms. The van der Waals surface area contributed by atoms with E-state index >= 15 is 0 Å². The third-order valence-corrected chi connectivity index (χ3v) is 2.68. The van der Waals surface area contributed by atoms with Gasteiger partial charge in [-0.2, -0.15) is 0 Å². The van der Waals surface area contributed by atoms with Crippen molar-refractivity contribution in [2.75, 3.05) is 0 Å². The van der Waals surface area contributed by atoms with Crippen molar-refractivity contribution in [2.24, 2.45) is 0 Å². The summed E-state index contributed by atoms with van der Waals surface area (Å²) in [6.07, 6.45) is 0.658. The molecule has 0 aliphatic rings. The molecule has 2 aromatic rings. The standard InChI is InChI=1S/C15H15NO3/c1-3-12-8-11(15(17)18)9-14(16-12)19-13-6-4-5-10(2)7-13/h4-9H,3H2,1-2H3,(H,17,18). The fraction of sp³-hybridized carbons (Fsp3) is 0.200. The summed E-state index contributed by atoms with van der Waals surface area (Å²) in [6, 6.07) is 10.5. The van der Waals surface area contributed by atoms with E-state index in [1.807, 2.05) is 38.1 Å². The largest absolute Gasteiger partial charge is 0.478 e. The first-order valence-corrected chi connectivity index (χ1v) is 6.07. The van der Waals surface area contributed by atoms with Crippen molar-refractivity contribution in [3.63, 3.8) is 0 Å². The molecule has 98 valence electrons. The van der Waals surface area contributed by atoms with Gasteiger partial charge in [0.05, 0.1) is 5.56 Å². The molecule has 1 aromatic carbocycles. The predicted molar refractivity (Wildman–Crippen MR) is 71.8 cm³/mol. The van der Waals surface area contributed by atoms with Crippen LogP contribution < -0.4 is 4.74 Å². The molecule has 0 saturated carbocycles. The van der Waals surface area contributed by atoms with Gasteiger partial charge in [-0.15, -0.1) is 0 Å². The molecule has 1 aromatic heterocycles. The van der Waals surface area contributed by atoms with E-state index in [0.717, 1.165) is 5.56 Å². The number of benzene rings is 1. The molecule has 0 fully saturated rings. The lowest BCUT2D eigenvalue weighted by atomic mass is 10.2. The Hall–Kier alpha value is -2.36. The van der Waals surface area contributed by atoms with E-state index in [0.29, 0.717) is 23.7 Å². The van der Waals surface area contributed by atoms with Gasteiger partial charge in [-0.25, -0.2) is 9.78 Å². The molecular weight excluding hydrogens is 242 g/mol. The maximum Gasteiger partial charge on any atom is 0.335 e. The van der Waals surface area contributed by atoms with E-state index in [-0.39, 0.29) is 5.56 Å². The van der Waals surface area contributed by atoms with Gasteiger partial charge in [0.25, 0.3) is 0 Å². The van der Waals surface area contributed by atoms with Crippen LogP contribution in [0.1, 0.15) is 28.5 Å². The molecule has 0 aliphatic heterocycles. The maximum atomic E-state index is 11.0. The van der Waals surface area contributed by atoms with Crippen molar-refractivity contribution in [1.82, 2.24) is 4.98 Å². The average Bonchev–Trinajstić information content (AvgIpc) is 2.38. The van der Waals surface area contributed by atoms with Crippen molar-refractivity contribution in [3.05, 3.63) is 53.2 Å². The number of hydrogen-bond donors (Lipinski definition) is 1. The number of carboxylic acids is 1. The molecule has 4 nitrogen and oxygen atoms in total. The van der Waals surface area contributed by atoms with Crippen LogP contribution in [0.2, 0.25) is 0 Å². The Labute approximate surface area is 111 Å². The summed E-state index contributed by atoms with van der Waals surface area (Å²) in [5, 5.41) is 9.06. The average molecular weight is 257 g/mol. The Morgan fingerprint density at radius 2 is 2.11 bits per heavy atom. The highest BCUT2D eigenvalue weighted by molar-refractivity contribution is 5.88. The van der Waals surface area contributed by atoms with E-state index in [1.165, 1.54) is 6.07 Å². The number of nitrogens with zero attached hydrogens (tertiary/aromatic N) is 1. The van der Waals surface area contributed by atoms with Gasteiger partial charge in [0.1, 0.15) is 5.75 Å². The van der Waals surface area contributed by atoms with Crippen molar-refractivity contribution in [2.45, 2.75) is 20.3 Å². The number of ether oxygens (including phenoxy) is 1. The Morgan fingerprint density at radius 3 is 2.74 bits per heavy atom. The second-order valence-corrected chi connectivity index (χ2v) is 4.26. The molecule has 1 heterocycles. The third kappa shape index (κ3) is 3.31. The molecule has 0 atom stereocenters. The van der Waals surface area contributed by atoms with E-state index in [1.54, 1.807) is 6.07 Å². The van der Waals surface area contributed by atoms with Gasteiger partial charge in [-0.3, -0.25) is 0 Å². The molecule has 0 amide bonds. The zero-order chi connectivity index (χ0) is 13.8. The van der Waals surface area contributed by atoms with Crippen LogP contribution >= 0.6 is 0 Å². The first-order valence-electron chi connectivity index (χ1n) is 6.07. The second-order valence-electron chi connectivity index (χ2n) is 4.26. The monoisotopic (exact) mass is 257 g/mol. The lowest BCUT2D eigenvalue weighted by Crippen LogP contribution is -2.01. The first-order chi connectivity index (χ1) is 9.08. The SMILES string of the molecule is CCc1cc(C(=O)O)cc(Oc2cccc(C)c2)n1. The maximum absolute atomic E-state index is 11.0. The van der Waals surface area contributed by atoms with Crippen LogP contribution in [0.5, 0.6) is 11.6 Å². The number of carboxylic acid groups (broad SMARTS) is 1. The highest BCUT2D eigenvalue weighted by Gasteiger charge is 2.09. The Kier molecular flexibility index (Phi) is 3.80. The van der Waals surface area contributed by atoms with Crippen molar-refractivity contribution in [1.29, 1.82) is 0 Å². The quantitative estimate of drug-likeness (QED) is 0.911. The van der Waals surface area contributed by atoms with Gasteiger partial charge in [-0.05, 0) is 37.1 Å². The van der Waals surface area contributed by atoms with Gasteiger partial charge in [0.15, 0.2) is 0 Å². The molecule has 0 saturated heterocycles. The van der Waals surface area contributed by atoms with Gasteiger partial charge in [0, 0.05) is 11.8 Å². The lowest BCUT2D eigenvalue weighted by molar-refractivity contribution is 0.0696. The highest BCUT2D eigenvalue weighted by Crippen LogP contribution is 2.22. The minimum absolute atomic E-state index is 0.189. The Bertz CT molecular complexity index is 608. The van der Waals surface area contributed by atoms with Crippen LogP contribution in [-0.2, 0) is 6.42 Å². The van der Waals surface area contributed by atoms with Crippen molar-refractivity contribution >= 4 is 5.97 Å². The third-order valence-electron chi connectivity index (χ3n) is 2.68. The first kappa shape index (κ1) is 13.1. The smallest absolute Gasteiger partial charge is 0.335 e. The zero-order valence-corrected chi connectivity index (χ0v) is 10.9. The van der Waals surface area contributed by atoms with E-state index in [2.05, 4.69) is 4.98 Å². The van der Waals surface area contributed by atoms with Crippen molar-refractivity contribution in [3.8, 4) is 11.6 Å². The van der Waals surface area contributed by atoms with E-state index in [4.69, 9.17) is 9.84 Å². The van der Waals surface area contributed by atoms with Gasteiger partial charge in [0.2, 0.25) is 5.88 Å². The van der Waals surface area contributed by atoms with Crippen LogP contribution in [0.3, 0.4) is 0 Å². The fourth-order valence-electron chi connectivity index (χ4n) is 1.72. The van der Waals surface area contributed by atoms with E-state index in [9.17, 15) is 4.79 Å². The molecule has 19 heavy (non-hydrogen) atoms. The van der Waals surface area contributed by atoms with Gasteiger partial charge < -0.3 is 9.84 Å². The molecule has 0 aliphatic carbocycles. The number of hydrogen-bond acceptors (Lipinski definition) is 3. The second kappa shape index (κ2) is 5.52. The fourth-order valence-corrected chi connectivity index (χ4v) is 1.72. The summed E-state index contributed by atoms with van der Waals surface area (Å²) < 4.78 is 5.62. The van der Waals surface area contributed by atoms with Crippen LogP contribution in [0.15, 0.2) is 36.4 Å². The van der Waals surface area contributed by atoms with Crippen LogP contribution in [0, 0.1) is 6.92 Å². The summed E-state index contributed by atoms with van der Waals surface area (Å²) in [7, 11) is 0. The number of aromatic nitrogens is 1. The normalized spacial score (nSPS) is 10.2. The van der Waals surface area contributed by atoms with Crippen molar-refractivity contribution < 1.29 is 14.6 Å². The summed E-state index contributed by atoms with van der Waals surface area (Å²) >= 11 is 0. The predicted octanol–water partition coefficient (Wildman–Crippen LogP) is 3.44. The topological polar surface area (TPSA) is 59.4 Å². The number of aromatic carboxylic acids is 1. The molecule has 1 N–H and O–H groups in total. The number of carbonyl (C=O) groups is 1. The molecular formula is C15H15NO3. The number of aryl methyl sites for hydroxylation is 2. The molecule has 0 spiro atoms. The van der Waals surface area contributed by atoms with Gasteiger partial charge in [-0.1, -0.05) is 19.1 Å². The van der Waals surface area contributed by atoms with Crippen LogP contribution in [0.25, 0.3) is 0 Å². The molecule has 0 unspecified atom stereocenters.